The van der Waals surface area contributed by atoms with Gasteiger partial charge in [-0.3, -0.25) is 9.69 Å². The standard InChI is InChI=1S/C28H32N2O4/c1-29(25(32)9-4-18-10-13-33-16-18)21-6-5-20-22-14-19-23(31)7-8-24-26(19)28(20,27(21)34-24)11-12-30(22)15-17-2-3-17/h4,7-10,13,16-17,20-22,27,31H,2-3,5-6,11-12,14-15H2,1H3/b9-4+/t20-,21+,22+,27-,28-/m0/s1. The fourth-order valence-electron chi connectivity index (χ4n) is 7.68. The molecule has 2 saturated carbocycles. The third-order valence-electron chi connectivity index (χ3n) is 9.42. The summed E-state index contributed by atoms with van der Waals surface area (Å²) < 4.78 is 11.8. The van der Waals surface area contributed by atoms with E-state index >= 15 is 0 Å². The number of rotatable bonds is 5. The summed E-state index contributed by atoms with van der Waals surface area (Å²) >= 11 is 0. The number of nitrogens with zero attached hydrogens (tertiary/aromatic N) is 2. The number of phenolic OH excluding ortho intramolecular Hbond substituents is 1. The van der Waals surface area contributed by atoms with Crippen LogP contribution >= 0.6 is 0 Å². The predicted molar refractivity (Wildman–Crippen MR) is 128 cm³/mol. The Balaban J connectivity index is 1.24. The highest BCUT2D eigenvalue weighted by atomic mass is 16.5. The summed E-state index contributed by atoms with van der Waals surface area (Å²) in [6, 6.07) is 6.06. The highest BCUT2D eigenvalue weighted by molar-refractivity contribution is 5.91. The number of aromatic hydroxyl groups is 1. The summed E-state index contributed by atoms with van der Waals surface area (Å²) in [5.74, 6) is 2.70. The molecule has 2 aliphatic heterocycles. The molecule has 3 aliphatic carbocycles. The van der Waals surface area contributed by atoms with Crippen LogP contribution in [-0.2, 0) is 16.6 Å². The monoisotopic (exact) mass is 460 g/mol. The zero-order valence-electron chi connectivity index (χ0n) is 19.7. The third-order valence-corrected chi connectivity index (χ3v) is 9.42. The summed E-state index contributed by atoms with van der Waals surface area (Å²) in [5.41, 5.74) is 3.12. The minimum Gasteiger partial charge on any atom is -0.508 e. The highest BCUT2D eigenvalue weighted by Crippen LogP contribution is 2.63. The summed E-state index contributed by atoms with van der Waals surface area (Å²) in [5, 5.41) is 10.9. The molecule has 2 aromatic rings. The van der Waals surface area contributed by atoms with Crippen molar-refractivity contribution >= 4 is 12.0 Å². The van der Waals surface area contributed by atoms with Crippen LogP contribution in [0.5, 0.6) is 11.5 Å². The number of benzene rings is 1. The average molecular weight is 461 g/mol. The van der Waals surface area contributed by atoms with Crippen molar-refractivity contribution in [3.05, 3.63) is 53.5 Å². The summed E-state index contributed by atoms with van der Waals surface area (Å²) in [6.07, 6.45) is 13.3. The maximum atomic E-state index is 13.2. The highest BCUT2D eigenvalue weighted by Gasteiger charge is 2.66. The average Bonchev–Trinajstić information content (AvgIpc) is 3.38. The molecule has 6 heteroatoms. The lowest BCUT2D eigenvalue weighted by molar-refractivity contribution is -0.135. The minimum absolute atomic E-state index is 0.00822. The number of carbonyl (C=O) groups excluding carboxylic acids is 1. The Morgan fingerprint density at radius 3 is 2.94 bits per heavy atom. The van der Waals surface area contributed by atoms with Gasteiger partial charge in [0.05, 0.1) is 18.6 Å². The zero-order chi connectivity index (χ0) is 23.0. The molecule has 34 heavy (non-hydrogen) atoms. The predicted octanol–water partition coefficient (Wildman–Crippen LogP) is 3.97. The number of likely N-dealkylation sites (N-methyl/N-ethyl adjacent to an activating group) is 1. The van der Waals surface area contributed by atoms with E-state index in [-0.39, 0.29) is 23.5 Å². The SMILES string of the molecule is CN(C(=O)/C=C/c1ccoc1)[C@@H]1CC[C@H]2[C@H]3Cc4c(O)ccc5c4[C@@]2(CCN3CC2CC2)[C@H]1O5. The second-order valence-electron chi connectivity index (χ2n) is 11.1. The van der Waals surface area contributed by atoms with Gasteiger partial charge in [-0.1, -0.05) is 0 Å². The second kappa shape index (κ2) is 7.38. The Labute approximate surface area is 200 Å². The number of piperidine rings is 1. The molecule has 0 unspecified atom stereocenters. The molecule has 1 saturated heterocycles. The molecule has 5 aliphatic rings. The van der Waals surface area contributed by atoms with Crippen molar-refractivity contribution in [3.63, 3.8) is 0 Å². The quantitative estimate of drug-likeness (QED) is 0.684. The summed E-state index contributed by atoms with van der Waals surface area (Å²) in [7, 11) is 1.91. The molecular formula is C28H32N2O4. The van der Waals surface area contributed by atoms with E-state index in [4.69, 9.17) is 9.15 Å². The number of hydrogen-bond donors (Lipinski definition) is 1. The van der Waals surface area contributed by atoms with Crippen LogP contribution in [0, 0.1) is 11.8 Å². The molecule has 1 aromatic heterocycles. The molecule has 1 aromatic carbocycles. The number of carbonyl (C=O) groups is 1. The van der Waals surface area contributed by atoms with Gasteiger partial charge in [0.1, 0.15) is 17.6 Å². The first-order chi connectivity index (χ1) is 16.6. The first kappa shape index (κ1) is 20.6. The minimum atomic E-state index is -0.113. The molecule has 7 rings (SSSR count). The molecule has 0 radical (unpaired) electrons. The third kappa shape index (κ3) is 2.87. The van der Waals surface area contributed by atoms with Crippen molar-refractivity contribution in [3.8, 4) is 11.5 Å². The van der Waals surface area contributed by atoms with Crippen molar-refractivity contribution in [1.29, 1.82) is 0 Å². The normalized spacial score (nSPS) is 33.6. The van der Waals surface area contributed by atoms with Crippen molar-refractivity contribution in [2.45, 2.75) is 62.1 Å². The molecular weight excluding hydrogens is 428 g/mol. The Morgan fingerprint density at radius 2 is 2.15 bits per heavy atom. The van der Waals surface area contributed by atoms with Gasteiger partial charge in [-0.15, -0.1) is 0 Å². The largest absolute Gasteiger partial charge is 0.508 e. The van der Waals surface area contributed by atoms with Gasteiger partial charge in [0.15, 0.2) is 0 Å². The molecule has 1 N–H and O–H groups in total. The second-order valence-corrected chi connectivity index (χ2v) is 11.1. The van der Waals surface area contributed by atoms with Gasteiger partial charge >= 0.3 is 0 Å². The topological polar surface area (TPSA) is 66.2 Å². The molecule has 1 amide bonds. The van der Waals surface area contributed by atoms with E-state index in [1.54, 1.807) is 30.7 Å². The van der Waals surface area contributed by atoms with Crippen LogP contribution in [0.2, 0.25) is 0 Å². The van der Waals surface area contributed by atoms with Crippen LogP contribution in [-0.4, -0.2) is 59.1 Å². The number of likely N-dealkylation sites (tertiary alicyclic amines) is 1. The number of amides is 1. The van der Waals surface area contributed by atoms with Crippen molar-refractivity contribution < 1.29 is 19.1 Å². The number of hydrogen-bond acceptors (Lipinski definition) is 5. The number of phenols is 1. The lowest BCUT2D eigenvalue weighted by atomic mass is 9.51. The molecule has 178 valence electrons. The van der Waals surface area contributed by atoms with E-state index in [9.17, 15) is 9.90 Å². The van der Waals surface area contributed by atoms with Gasteiger partial charge in [0, 0.05) is 47.8 Å². The first-order valence-electron chi connectivity index (χ1n) is 12.8. The van der Waals surface area contributed by atoms with Gasteiger partial charge in [0.25, 0.3) is 0 Å². The molecule has 3 heterocycles. The van der Waals surface area contributed by atoms with Crippen LogP contribution in [0.3, 0.4) is 0 Å². The number of ether oxygens (including phenoxy) is 1. The zero-order valence-corrected chi connectivity index (χ0v) is 19.7. The van der Waals surface area contributed by atoms with Crippen LogP contribution in [0.1, 0.15) is 48.8 Å². The van der Waals surface area contributed by atoms with Gasteiger partial charge in [-0.2, -0.15) is 0 Å². The molecule has 1 spiro atoms. The molecule has 2 bridgehead atoms. The fourth-order valence-corrected chi connectivity index (χ4v) is 7.68. The van der Waals surface area contributed by atoms with Crippen LogP contribution in [0.25, 0.3) is 6.08 Å². The van der Waals surface area contributed by atoms with Crippen LogP contribution in [0.15, 0.2) is 41.2 Å². The Morgan fingerprint density at radius 1 is 1.26 bits per heavy atom. The smallest absolute Gasteiger partial charge is 0.246 e. The van der Waals surface area contributed by atoms with Crippen molar-refractivity contribution in [2.75, 3.05) is 20.1 Å². The first-order valence-corrected chi connectivity index (χ1v) is 12.8. The molecule has 3 fully saturated rings. The van der Waals surface area contributed by atoms with Gasteiger partial charge in [-0.25, -0.2) is 0 Å². The van der Waals surface area contributed by atoms with Gasteiger partial charge in [0.2, 0.25) is 5.91 Å². The maximum absolute atomic E-state index is 13.2. The van der Waals surface area contributed by atoms with Crippen molar-refractivity contribution in [2.24, 2.45) is 11.8 Å². The Bertz CT molecular complexity index is 1150. The summed E-state index contributed by atoms with van der Waals surface area (Å²) in [4.78, 5) is 17.8. The molecule has 5 atom stereocenters. The van der Waals surface area contributed by atoms with Gasteiger partial charge in [-0.05, 0) is 81.2 Å². The van der Waals surface area contributed by atoms with E-state index in [0.29, 0.717) is 17.7 Å². The lowest BCUT2D eigenvalue weighted by Crippen LogP contribution is -2.69. The number of furan rings is 1. The van der Waals surface area contributed by atoms with E-state index in [2.05, 4.69) is 4.90 Å². The molecule has 6 nitrogen and oxygen atoms in total. The summed E-state index contributed by atoms with van der Waals surface area (Å²) in [6.45, 7) is 2.27. The van der Waals surface area contributed by atoms with E-state index < -0.39 is 0 Å². The fraction of sp³-hybridized carbons (Fsp3) is 0.536. The van der Waals surface area contributed by atoms with Crippen LogP contribution < -0.4 is 4.74 Å². The lowest BCUT2D eigenvalue weighted by Gasteiger charge is -2.60. The van der Waals surface area contributed by atoms with Crippen LogP contribution in [0.4, 0.5) is 0 Å². The Hall–Kier alpha value is -2.73. The van der Waals surface area contributed by atoms with Crippen molar-refractivity contribution in [1.82, 2.24) is 9.80 Å². The maximum Gasteiger partial charge on any atom is 0.246 e. The van der Waals surface area contributed by atoms with E-state index in [1.165, 1.54) is 24.9 Å². The Kier molecular flexibility index (Phi) is 4.48. The van der Waals surface area contributed by atoms with E-state index in [1.807, 2.05) is 24.1 Å². The van der Waals surface area contributed by atoms with E-state index in [0.717, 1.165) is 55.0 Å². The van der Waals surface area contributed by atoms with Gasteiger partial charge < -0.3 is 19.2 Å².